The summed E-state index contributed by atoms with van der Waals surface area (Å²) in [5.41, 5.74) is -4.03. The number of carbonyl (C=O) groups excluding carboxylic acids is 3. The third-order valence-corrected chi connectivity index (χ3v) is 4.22. The molecule has 6 N–H and O–H groups in total. The Hall–Kier alpha value is -3.89. The molecule has 0 bridgehead atoms. The van der Waals surface area contributed by atoms with Crippen molar-refractivity contribution in [1.29, 1.82) is 0 Å². The number of hydrogen-bond donors (Lipinski definition) is 5. The monoisotopic (exact) mass is 431 g/mol. The van der Waals surface area contributed by atoms with Crippen LogP contribution in [-0.4, -0.2) is 61.0 Å². The van der Waals surface area contributed by atoms with Gasteiger partial charge in [-0.15, -0.1) is 0 Å². The van der Waals surface area contributed by atoms with Crippen molar-refractivity contribution in [3.8, 4) is 0 Å². The van der Waals surface area contributed by atoms with Crippen molar-refractivity contribution in [1.82, 2.24) is 0 Å². The Morgan fingerprint density at radius 3 is 1.16 bits per heavy atom. The summed E-state index contributed by atoms with van der Waals surface area (Å²) in [7, 11) is 0. The summed E-state index contributed by atoms with van der Waals surface area (Å²) >= 11 is 0. The number of primary amides is 1. The smallest absolute Gasteiger partial charge is 0.348 e. The second-order valence-corrected chi connectivity index (χ2v) is 6.24. The fraction of sp³-hybridized carbons (Fsp3) is 0.190. The molecule has 2 aromatic rings. The SMILES string of the molecule is CCC(N)=O.O=C(O)[C@](O)(C(=O)c1ccccc1)[C@](O)(C(=O)O)C(=O)c1ccccc1. The molecule has 0 aliphatic rings. The number of carboxylic acids is 2. The lowest BCUT2D eigenvalue weighted by Gasteiger charge is -2.34. The van der Waals surface area contributed by atoms with Crippen molar-refractivity contribution in [2.45, 2.75) is 24.5 Å². The normalized spacial score (nSPS) is 14.0. The van der Waals surface area contributed by atoms with Crippen molar-refractivity contribution in [2.75, 3.05) is 0 Å². The number of rotatable bonds is 8. The van der Waals surface area contributed by atoms with Crippen LogP contribution in [0.2, 0.25) is 0 Å². The Bertz CT molecular complexity index is 901. The van der Waals surface area contributed by atoms with Crippen molar-refractivity contribution in [2.24, 2.45) is 5.73 Å². The summed E-state index contributed by atoms with van der Waals surface area (Å²) in [5, 5.41) is 39.9. The third kappa shape index (κ3) is 5.00. The van der Waals surface area contributed by atoms with Crippen molar-refractivity contribution in [3.05, 3.63) is 71.8 Å². The van der Waals surface area contributed by atoms with Crippen LogP contribution in [0.1, 0.15) is 34.1 Å². The molecule has 0 spiro atoms. The summed E-state index contributed by atoms with van der Waals surface area (Å²) in [6.45, 7) is 1.72. The van der Waals surface area contributed by atoms with Gasteiger partial charge in [0.15, 0.2) is 0 Å². The minimum absolute atomic E-state index is 0.245. The van der Waals surface area contributed by atoms with E-state index in [-0.39, 0.29) is 5.91 Å². The number of aliphatic hydroxyl groups is 2. The molecule has 0 aliphatic heterocycles. The van der Waals surface area contributed by atoms with Crippen LogP contribution in [0.5, 0.6) is 0 Å². The number of nitrogens with two attached hydrogens (primary N) is 1. The summed E-state index contributed by atoms with van der Waals surface area (Å²) < 4.78 is 0. The Morgan fingerprint density at radius 2 is 0.968 bits per heavy atom. The summed E-state index contributed by atoms with van der Waals surface area (Å²) in [5.74, 6) is -8.27. The highest BCUT2D eigenvalue weighted by Crippen LogP contribution is 2.31. The van der Waals surface area contributed by atoms with Gasteiger partial charge >= 0.3 is 11.9 Å². The maximum atomic E-state index is 12.6. The lowest BCUT2D eigenvalue weighted by molar-refractivity contribution is -0.187. The fourth-order valence-electron chi connectivity index (χ4n) is 2.43. The second kappa shape index (κ2) is 10.2. The summed E-state index contributed by atoms with van der Waals surface area (Å²) in [4.78, 5) is 58.1. The van der Waals surface area contributed by atoms with Crippen molar-refractivity contribution >= 4 is 29.4 Å². The first-order valence-electron chi connectivity index (χ1n) is 8.84. The van der Waals surface area contributed by atoms with Gasteiger partial charge in [-0.3, -0.25) is 14.4 Å². The largest absolute Gasteiger partial charge is 0.479 e. The summed E-state index contributed by atoms with van der Waals surface area (Å²) in [6, 6.07) is 12.8. The zero-order chi connectivity index (χ0) is 23.8. The Kier molecular flexibility index (Phi) is 8.30. The van der Waals surface area contributed by atoms with E-state index in [1.807, 2.05) is 0 Å². The van der Waals surface area contributed by atoms with Crippen LogP contribution in [0.3, 0.4) is 0 Å². The van der Waals surface area contributed by atoms with Gasteiger partial charge in [0.05, 0.1) is 0 Å². The van der Waals surface area contributed by atoms with Crippen LogP contribution in [0, 0.1) is 0 Å². The number of benzene rings is 2. The van der Waals surface area contributed by atoms with E-state index >= 15 is 0 Å². The molecule has 10 heteroatoms. The molecule has 0 saturated heterocycles. The van der Waals surface area contributed by atoms with Gasteiger partial charge in [-0.1, -0.05) is 67.6 Å². The quantitative estimate of drug-likeness (QED) is 0.288. The molecule has 10 nitrogen and oxygen atoms in total. The van der Waals surface area contributed by atoms with Gasteiger partial charge in [-0.05, 0) is 0 Å². The average molecular weight is 431 g/mol. The molecule has 2 aromatic carbocycles. The summed E-state index contributed by atoms with van der Waals surface area (Å²) in [6.07, 6.45) is 0.444. The number of amides is 1. The second-order valence-electron chi connectivity index (χ2n) is 6.24. The number of hydrogen-bond acceptors (Lipinski definition) is 7. The topological polar surface area (TPSA) is 192 Å². The van der Waals surface area contributed by atoms with Crippen LogP contribution in [0.25, 0.3) is 0 Å². The zero-order valence-corrected chi connectivity index (χ0v) is 16.4. The molecular formula is C21H21NO9. The minimum atomic E-state index is -3.95. The molecule has 2 rings (SSSR count). The fourth-order valence-corrected chi connectivity index (χ4v) is 2.43. The van der Waals surface area contributed by atoms with E-state index in [9.17, 15) is 44.4 Å². The van der Waals surface area contributed by atoms with Gasteiger partial charge in [-0.25, -0.2) is 9.59 Å². The van der Waals surface area contributed by atoms with Crippen LogP contribution in [-0.2, 0) is 14.4 Å². The lowest BCUT2D eigenvalue weighted by Crippen LogP contribution is -2.71. The van der Waals surface area contributed by atoms with E-state index in [1.54, 1.807) is 6.92 Å². The van der Waals surface area contributed by atoms with Gasteiger partial charge in [0.2, 0.25) is 17.5 Å². The van der Waals surface area contributed by atoms with Gasteiger partial charge in [-0.2, -0.15) is 0 Å². The first-order valence-corrected chi connectivity index (χ1v) is 8.84. The Balaban J connectivity index is 0.000000861. The predicted octanol–water partition coefficient (Wildman–Crippen LogP) is 0.265. The van der Waals surface area contributed by atoms with E-state index in [4.69, 9.17) is 0 Å². The van der Waals surface area contributed by atoms with E-state index in [1.165, 1.54) is 36.4 Å². The molecule has 2 atom stereocenters. The van der Waals surface area contributed by atoms with Gasteiger partial charge in [0, 0.05) is 17.5 Å². The van der Waals surface area contributed by atoms with Crippen molar-refractivity contribution in [3.63, 3.8) is 0 Å². The van der Waals surface area contributed by atoms with Gasteiger partial charge < -0.3 is 26.2 Å². The van der Waals surface area contributed by atoms with Crippen LogP contribution in [0.4, 0.5) is 0 Å². The zero-order valence-electron chi connectivity index (χ0n) is 16.4. The molecule has 0 unspecified atom stereocenters. The number of Topliss-reactive ketones (excluding diaryl/α,β-unsaturated/α-hetero) is 2. The molecule has 0 heterocycles. The van der Waals surface area contributed by atoms with Crippen LogP contribution >= 0.6 is 0 Å². The average Bonchev–Trinajstić information content (AvgIpc) is 2.78. The molecule has 0 saturated carbocycles. The third-order valence-electron chi connectivity index (χ3n) is 4.22. The molecular weight excluding hydrogens is 410 g/mol. The lowest BCUT2D eigenvalue weighted by atomic mass is 9.73. The van der Waals surface area contributed by atoms with Gasteiger partial charge in [0.1, 0.15) is 0 Å². The minimum Gasteiger partial charge on any atom is -0.479 e. The molecule has 164 valence electrons. The highest BCUT2D eigenvalue weighted by atomic mass is 16.5. The molecule has 31 heavy (non-hydrogen) atoms. The molecule has 0 fully saturated rings. The maximum Gasteiger partial charge on any atom is 0.348 e. The maximum absolute atomic E-state index is 12.6. The predicted molar refractivity (Wildman–Crippen MR) is 106 cm³/mol. The van der Waals surface area contributed by atoms with E-state index in [0.717, 1.165) is 24.3 Å². The van der Waals surface area contributed by atoms with E-state index < -0.39 is 45.8 Å². The van der Waals surface area contributed by atoms with E-state index in [2.05, 4.69) is 5.73 Å². The number of carboxylic acid groups (broad SMARTS) is 2. The van der Waals surface area contributed by atoms with Crippen molar-refractivity contribution < 1.29 is 44.4 Å². The van der Waals surface area contributed by atoms with Crippen LogP contribution in [0.15, 0.2) is 60.7 Å². The molecule has 1 amide bonds. The number of ketones is 2. The number of aliphatic carboxylic acids is 2. The van der Waals surface area contributed by atoms with E-state index in [0.29, 0.717) is 6.42 Å². The van der Waals surface area contributed by atoms with Crippen LogP contribution < -0.4 is 5.73 Å². The Morgan fingerprint density at radius 1 is 0.710 bits per heavy atom. The van der Waals surface area contributed by atoms with Gasteiger partial charge in [0.25, 0.3) is 11.2 Å². The standard InChI is InChI=1S/C18H14O8.C3H7NO/c19-13(11-7-3-1-4-8-11)17(25,15(21)22)18(26,16(23)24)14(20)12-9-5-2-6-10-12;1-2-3(4)5/h1-10,25-26H,(H,21,22)(H,23,24);2H2,1H3,(H2,4,5)/t17-,18-;/m1./s1. The first kappa shape index (κ1) is 25.1. The molecule has 0 radical (unpaired) electrons. The first-order chi connectivity index (χ1) is 14.4. The Labute approximate surface area is 176 Å². The molecule has 0 aliphatic carbocycles. The molecule has 0 aromatic heterocycles. The highest BCUT2D eigenvalue weighted by Gasteiger charge is 2.69. The number of carbonyl (C=O) groups is 5. The highest BCUT2D eigenvalue weighted by molar-refractivity contribution is 6.28.